The first-order chi connectivity index (χ1) is 18.7. The molecule has 3 heterocycles. The zero-order valence-corrected chi connectivity index (χ0v) is 22.2. The number of aromatic hydroxyl groups is 1. The number of hydrogen-bond acceptors (Lipinski definition) is 5. The molecule has 3 aromatic rings. The van der Waals surface area contributed by atoms with Gasteiger partial charge in [0.2, 0.25) is 0 Å². The van der Waals surface area contributed by atoms with Gasteiger partial charge in [-0.3, -0.25) is 4.57 Å². The van der Waals surface area contributed by atoms with Gasteiger partial charge in [0.15, 0.2) is 0 Å². The highest BCUT2D eigenvalue weighted by molar-refractivity contribution is 6.32. The van der Waals surface area contributed by atoms with E-state index in [0.29, 0.717) is 22.4 Å². The first kappa shape index (κ1) is 25.3. The average molecular weight is 551 g/mol. The molecule has 0 radical (unpaired) electrons. The number of fused-ring (bicyclic) bond motifs is 1. The first-order valence-electron chi connectivity index (χ1n) is 12.8. The van der Waals surface area contributed by atoms with E-state index in [1.807, 2.05) is 12.2 Å². The van der Waals surface area contributed by atoms with Gasteiger partial charge in [-0.15, -0.1) is 0 Å². The maximum Gasteiger partial charge on any atom is 0.332 e. The second kappa shape index (κ2) is 9.62. The van der Waals surface area contributed by atoms with Crippen molar-refractivity contribution >= 4 is 23.2 Å². The Hall–Kier alpha value is -4.02. The topological polar surface area (TPSA) is 104 Å². The molecule has 2 aliphatic heterocycles. The molecule has 11 heteroatoms. The molecule has 202 valence electrons. The van der Waals surface area contributed by atoms with Crippen molar-refractivity contribution in [2.45, 2.75) is 25.0 Å². The van der Waals surface area contributed by atoms with Gasteiger partial charge in [0.25, 0.3) is 0 Å². The number of allylic oxidation sites excluding steroid dienone is 2. The van der Waals surface area contributed by atoms with Crippen LogP contribution in [0.3, 0.4) is 0 Å². The average Bonchev–Trinajstić information content (AvgIpc) is 3.45. The number of phenols is 1. The fourth-order valence-corrected chi connectivity index (χ4v) is 5.84. The zero-order valence-electron chi connectivity index (χ0n) is 21.4. The summed E-state index contributed by atoms with van der Waals surface area (Å²) in [5.74, 6) is -0.636. The SMILES string of the molecule is C[C@@H]1CN(C2=CC(c3cc(F)cc(-c4ccc(-n5ccn(C)c5=O)c(Cl)c4)c3O)=CC3NC(=O)NC23)CCN1. The van der Waals surface area contributed by atoms with Crippen LogP contribution in [-0.4, -0.2) is 62.9 Å². The van der Waals surface area contributed by atoms with Crippen LogP contribution in [0, 0.1) is 5.82 Å². The van der Waals surface area contributed by atoms with Crippen molar-refractivity contribution < 1.29 is 14.3 Å². The molecule has 2 aromatic carbocycles. The van der Waals surface area contributed by atoms with E-state index in [1.165, 1.54) is 21.3 Å². The van der Waals surface area contributed by atoms with E-state index in [1.54, 1.807) is 37.6 Å². The number of piperazine rings is 1. The normalized spacial score (nSPS) is 22.6. The molecule has 2 saturated heterocycles. The van der Waals surface area contributed by atoms with Gasteiger partial charge < -0.3 is 30.5 Å². The van der Waals surface area contributed by atoms with Crippen LogP contribution < -0.4 is 21.6 Å². The number of urea groups is 1. The Kier molecular flexibility index (Phi) is 6.23. The van der Waals surface area contributed by atoms with Gasteiger partial charge in [-0.2, -0.15) is 0 Å². The number of halogens is 2. The number of aryl methyl sites for hydroxylation is 1. The number of phenolic OH excluding ortho intramolecular Hbond substituents is 1. The van der Waals surface area contributed by atoms with E-state index < -0.39 is 5.82 Å². The Bertz CT molecular complexity index is 1610. The van der Waals surface area contributed by atoms with Gasteiger partial charge in [-0.05, 0) is 48.4 Å². The lowest BCUT2D eigenvalue weighted by Gasteiger charge is -2.39. The van der Waals surface area contributed by atoms with Gasteiger partial charge in [0, 0.05) is 61.9 Å². The minimum absolute atomic E-state index is 0.108. The summed E-state index contributed by atoms with van der Waals surface area (Å²) in [7, 11) is 1.64. The zero-order chi connectivity index (χ0) is 27.4. The third-order valence-electron chi connectivity index (χ3n) is 7.51. The minimum Gasteiger partial charge on any atom is -0.507 e. The third-order valence-corrected chi connectivity index (χ3v) is 7.81. The lowest BCUT2D eigenvalue weighted by atomic mass is 9.89. The molecule has 9 nitrogen and oxygen atoms in total. The van der Waals surface area contributed by atoms with E-state index in [4.69, 9.17) is 11.6 Å². The Morgan fingerprint density at radius 2 is 1.90 bits per heavy atom. The summed E-state index contributed by atoms with van der Waals surface area (Å²) in [5, 5.41) is 21.0. The van der Waals surface area contributed by atoms with Gasteiger partial charge in [0.05, 0.1) is 22.8 Å². The van der Waals surface area contributed by atoms with Crippen molar-refractivity contribution in [1.82, 2.24) is 30.0 Å². The Labute approximate surface area is 229 Å². The molecule has 3 aliphatic rings. The highest BCUT2D eigenvalue weighted by Crippen LogP contribution is 2.41. The number of carbonyl (C=O) groups is 1. The van der Waals surface area contributed by atoms with Gasteiger partial charge in [0.1, 0.15) is 11.6 Å². The smallest absolute Gasteiger partial charge is 0.332 e. The molecule has 2 unspecified atom stereocenters. The monoisotopic (exact) mass is 550 g/mol. The highest BCUT2D eigenvalue weighted by Gasteiger charge is 2.39. The molecule has 6 rings (SSSR count). The van der Waals surface area contributed by atoms with Crippen molar-refractivity contribution in [2.24, 2.45) is 7.05 Å². The summed E-state index contributed by atoms with van der Waals surface area (Å²) >= 11 is 6.54. The second-order valence-corrected chi connectivity index (χ2v) is 10.6. The lowest BCUT2D eigenvalue weighted by Crippen LogP contribution is -2.53. The lowest BCUT2D eigenvalue weighted by molar-refractivity contribution is 0.235. The van der Waals surface area contributed by atoms with E-state index in [-0.39, 0.29) is 46.2 Å². The van der Waals surface area contributed by atoms with Crippen LogP contribution in [0.5, 0.6) is 5.75 Å². The molecule has 39 heavy (non-hydrogen) atoms. The Balaban J connectivity index is 1.41. The molecule has 3 atom stereocenters. The summed E-state index contributed by atoms with van der Waals surface area (Å²) in [6.07, 6.45) is 7.00. The third kappa shape index (κ3) is 4.49. The van der Waals surface area contributed by atoms with E-state index >= 15 is 4.39 Å². The van der Waals surface area contributed by atoms with Crippen LogP contribution in [0.15, 0.2) is 65.4 Å². The van der Waals surface area contributed by atoms with Gasteiger partial charge >= 0.3 is 11.7 Å². The molecule has 1 aliphatic carbocycles. The number of nitrogens with one attached hydrogen (secondary N) is 3. The number of benzene rings is 2. The maximum absolute atomic E-state index is 15.0. The van der Waals surface area contributed by atoms with E-state index in [9.17, 15) is 14.7 Å². The molecule has 0 saturated carbocycles. The Morgan fingerprint density at radius 3 is 2.62 bits per heavy atom. The summed E-state index contributed by atoms with van der Waals surface area (Å²) < 4.78 is 17.9. The van der Waals surface area contributed by atoms with Crippen LogP contribution in [0.25, 0.3) is 22.4 Å². The van der Waals surface area contributed by atoms with E-state index in [2.05, 4.69) is 27.8 Å². The standard InChI is InChI=1S/C28H28ClFN6O3/c1-15-14-35(6-5-31-15)24-11-17(10-22-25(24)33-27(38)32-22)20-13-18(30)12-19(26(20)37)16-3-4-23(21(29)9-16)36-8-7-34(2)28(36)39/h3-4,7-13,15,22,25,31,37H,5-6,14H2,1-2H3,(H2,32,33,38)/t15-,22?,25?/m1/s1. The van der Waals surface area contributed by atoms with Crippen LogP contribution in [-0.2, 0) is 7.05 Å². The van der Waals surface area contributed by atoms with Gasteiger partial charge in [-0.25, -0.2) is 14.0 Å². The maximum atomic E-state index is 15.0. The van der Waals surface area contributed by atoms with Crippen molar-refractivity contribution in [3.63, 3.8) is 0 Å². The fourth-order valence-electron chi connectivity index (χ4n) is 5.57. The van der Waals surface area contributed by atoms with Gasteiger partial charge in [-0.1, -0.05) is 23.7 Å². The van der Waals surface area contributed by atoms with Crippen molar-refractivity contribution in [3.8, 4) is 22.6 Å². The molecule has 2 fully saturated rings. The molecular formula is C28H28ClFN6O3. The van der Waals surface area contributed by atoms with Crippen molar-refractivity contribution in [1.29, 1.82) is 0 Å². The molecule has 0 bridgehead atoms. The second-order valence-electron chi connectivity index (χ2n) is 10.2. The highest BCUT2D eigenvalue weighted by atomic mass is 35.5. The minimum atomic E-state index is -0.528. The van der Waals surface area contributed by atoms with E-state index in [0.717, 1.165) is 25.3 Å². The number of rotatable bonds is 4. The summed E-state index contributed by atoms with van der Waals surface area (Å²) in [6, 6.07) is 6.90. The quantitative estimate of drug-likeness (QED) is 0.400. The molecule has 1 aromatic heterocycles. The molecule has 4 N–H and O–H groups in total. The number of nitrogens with zero attached hydrogens (tertiary/aromatic N) is 3. The summed E-state index contributed by atoms with van der Waals surface area (Å²) in [4.78, 5) is 26.8. The largest absolute Gasteiger partial charge is 0.507 e. The van der Waals surface area contributed by atoms with Crippen LogP contribution in [0.4, 0.5) is 9.18 Å². The number of aromatic nitrogens is 2. The predicted molar refractivity (Wildman–Crippen MR) is 147 cm³/mol. The van der Waals surface area contributed by atoms with Crippen LogP contribution in [0.2, 0.25) is 5.02 Å². The fraction of sp³-hybridized carbons (Fsp3) is 0.286. The number of hydrogen-bond donors (Lipinski definition) is 4. The summed E-state index contributed by atoms with van der Waals surface area (Å²) in [6.45, 7) is 4.42. The summed E-state index contributed by atoms with van der Waals surface area (Å²) in [5.41, 5.74) is 2.82. The van der Waals surface area contributed by atoms with Crippen LogP contribution in [0.1, 0.15) is 12.5 Å². The number of amides is 2. The number of imidazole rings is 1. The number of carbonyl (C=O) groups excluding carboxylic acids is 1. The Morgan fingerprint density at radius 1 is 1.10 bits per heavy atom. The van der Waals surface area contributed by atoms with Crippen molar-refractivity contribution in [3.05, 3.63) is 87.5 Å². The first-order valence-corrected chi connectivity index (χ1v) is 13.1. The van der Waals surface area contributed by atoms with Crippen molar-refractivity contribution in [2.75, 3.05) is 19.6 Å². The predicted octanol–water partition coefficient (Wildman–Crippen LogP) is 2.97. The molecule has 2 amide bonds. The molecule has 0 spiro atoms. The molecular weight excluding hydrogens is 523 g/mol. The van der Waals surface area contributed by atoms with Crippen LogP contribution >= 0.6 is 11.6 Å².